The third kappa shape index (κ3) is 2.65. The summed E-state index contributed by atoms with van der Waals surface area (Å²) in [5, 5.41) is 24.4. The molecule has 0 saturated carbocycles. The van der Waals surface area contributed by atoms with Crippen molar-refractivity contribution in [1.82, 2.24) is 9.78 Å². The zero-order chi connectivity index (χ0) is 13.9. The van der Waals surface area contributed by atoms with Crippen LogP contribution in [0.2, 0.25) is 0 Å². The minimum Gasteiger partial charge on any atom is -0.508 e. The second-order valence-electron chi connectivity index (χ2n) is 4.90. The van der Waals surface area contributed by atoms with Crippen molar-refractivity contribution in [2.45, 2.75) is 6.54 Å². The molecule has 1 aromatic carbocycles. The van der Waals surface area contributed by atoms with Gasteiger partial charge in [-0.2, -0.15) is 5.10 Å². The first-order valence-electron chi connectivity index (χ1n) is 6.45. The number of ether oxygens (including phenoxy) is 1. The van der Waals surface area contributed by atoms with Crippen LogP contribution < -0.4 is 5.32 Å². The van der Waals surface area contributed by atoms with E-state index in [-0.39, 0.29) is 5.75 Å². The van der Waals surface area contributed by atoms with Crippen LogP contribution in [0, 0.1) is 11.3 Å². The Morgan fingerprint density at radius 3 is 3.05 bits per heavy atom. The summed E-state index contributed by atoms with van der Waals surface area (Å²) >= 11 is 0. The summed E-state index contributed by atoms with van der Waals surface area (Å²) in [5.41, 5.74) is 2.23. The zero-order valence-electron chi connectivity index (χ0n) is 10.9. The number of phenolic OH excluding ortho intramolecular Hbond substituents is 1. The largest absolute Gasteiger partial charge is 0.508 e. The monoisotopic (exact) mass is 272 g/mol. The van der Waals surface area contributed by atoms with E-state index in [0.717, 1.165) is 25.4 Å². The Hall–Kier alpha value is -2.34. The first kappa shape index (κ1) is 12.7. The van der Waals surface area contributed by atoms with Crippen LogP contribution in [-0.4, -0.2) is 34.3 Å². The minimum atomic E-state index is 0.164. The molecule has 3 rings (SSSR count). The molecule has 1 saturated heterocycles. The average Bonchev–Trinajstić information content (AvgIpc) is 2.82. The lowest BCUT2D eigenvalue weighted by atomic mass is 10.1. The molecule has 0 radical (unpaired) electrons. The Kier molecular flexibility index (Phi) is 3.39. The highest BCUT2D eigenvalue weighted by Crippen LogP contribution is 2.24. The number of aromatic hydroxyl groups is 1. The van der Waals surface area contributed by atoms with Crippen molar-refractivity contribution in [1.29, 1.82) is 5.41 Å². The second kappa shape index (κ2) is 5.34. The fourth-order valence-corrected chi connectivity index (χ4v) is 2.12. The van der Waals surface area contributed by atoms with Gasteiger partial charge in [0.25, 0.3) is 0 Å². The highest BCUT2D eigenvalue weighted by molar-refractivity contribution is 5.87. The molecule has 1 fully saturated rings. The van der Waals surface area contributed by atoms with Crippen molar-refractivity contribution in [3.05, 3.63) is 36.2 Å². The Labute approximate surface area is 116 Å². The van der Waals surface area contributed by atoms with Crippen molar-refractivity contribution < 1.29 is 9.84 Å². The molecule has 0 aliphatic carbocycles. The van der Waals surface area contributed by atoms with Crippen molar-refractivity contribution >= 4 is 17.6 Å². The molecule has 1 aliphatic heterocycles. The van der Waals surface area contributed by atoms with E-state index >= 15 is 0 Å². The number of hydrogen-bond donors (Lipinski definition) is 3. The van der Waals surface area contributed by atoms with Crippen LogP contribution in [0.1, 0.15) is 5.56 Å². The molecule has 2 aromatic rings. The third-order valence-corrected chi connectivity index (χ3v) is 3.26. The van der Waals surface area contributed by atoms with Crippen molar-refractivity contribution in [3.63, 3.8) is 0 Å². The maximum atomic E-state index is 9.52. The van der Waals surface area contributed by atoms with Crippen LogP contribution >= 0.6 is 0 Å². The van der Waals surface area contributed by atoms with Gasteiger partial charge in [-0.1, -0.05) is 0 Å². The molecule has 0 bridgehead atoms. The van der Waals surface area contributed by atoms with E-state index in [1.165, 1.54) is 6.21 Å². The van der Waals surface area contributed by atoms with E-state index in [1.807, 2.05) is 10.9 Å². The van der Waals surface area contributed by atoms with E-state index < -0.39 is 0 Å². The number of anilines is 2. The van der Waals surface area contributed by atoms with E-state index in [2.05, 4.69) is 10.4 Å². The summed E-state index contributed by atoms with van der Waals surface area (Å²) < 4.78 is 7.02. The Bertz CT molecular complexity index is 619. The Balaban J connectivity index is 1.73. The fourth-order valence-electron chi connectivity index (χ4n) is 2.12. The summed E-state index contributed by atoms with van der Waals surface area (Å²) in [6, 6.07) is 4.85. The van der Waals surface area contributed by atoms with Gasteiger partial charge < -0.3 is 20.6 Å². The van der Waals surface area contributed by atoms with Gasteiger partial charge in [0.2, 0.25) is 0 Å². The Morgan fingerprint density at radius 2 is 2.35 bits per heavy atom. The molecule has 2 heterocycles. The van der Waals surface area contributed by atoms with E-state index in [9.17, 15) is 5.11 Å². The molecule has 0 unspecified atom stereocenters. The van der Waals surface area contributed by atoms with Gasteiger partial charge in [-0.25, -0.2) is 0 Å². The van der Waals surface area contributed by atoms with Gasteiger partial charge in [0.05, 0.1) is 30.8 Å². The lowest BCUT2D eigenvalue weighted by molar-refractivity contribution is -0.0408. The summed E-state index contributed by atoms with van der Waals surface area (Å²) in [6.07, 6.45) is 4.89. The fraction of sp³-hybridized carbons (Fsp3) is 0.286. The first-order chi connectivity index (χ1) is 9.74. The van der Waals surface area contributed by atoms with Gasteiger partial charge in [0, 0.05) is 36.5 Å². The first-order valence-corrected chi connectivity index (χ1v) is 6.45. The van der Waals surface area contributed by atoms with Crippen molar-refractivity contribution in [3.8, 4) is 5.75 Å². The molecule has 1 aromatic heterocycles. The van der Waals surface area contributed by atoms with Gasteiger partial charge in [0.1, 0.15) is 5.75 Å². The molecular weight excluding hydrogens is 256 g/mol. The molecule has 1 aliphatic rings. The van der Waals surface area contributed by atoms with Gasteiger partial charge in [-0.15, -0.1) is 0 Å². The molecule has 6 heteroatoms. The zero-order valence-corrected chi connectivity index (χ0v) is 10.9. The third-order valence-electron chi connectivity index (χ3n) is 3.26. The molecule has 0 atom stereocenters. The molecule has 104 valence electrons. The summed E-state index contributed by atoms with van der Waals surface area (Å²) in [5.74, 6) is 0.706. The predicted molar refractivity (Wildman–Crippen MR) is 75.8 cm³/mol. The number of benzene rings is 1. The van der Waals surface area contributed by atoms with E-state index in [1.54, 1.807) is 24.4 Å². The van der Waals surface area contributed by atoms with Crippen LogP contribution in [-0.2, 0) is 11.3 Å². The normalized spacial score (nSPS) is 14.8. The van der Waals surface area contributed by atoms with Crippen molar-refractivity contribution in [2.24, 2.45) is 5.92 Å². The lowest BCUT2D eigenvalue weighted by Crippen LogP contribution is -2.31. The number of hydrogen-bond acceptors (Lipinski definition) is 5. The van der Waals surface area contributed by atoms with Crippen LogP contribution in [0.15, 0.2) is 30.6 Å². The number of nitrogens with zero attached hydrogens (tertiary/aromatic N) is 2. The standard InChI is InChI=1S/C14H16N4O2/c15-4-11-1-2-13(19)3-14(11)17-12-5-16-18(7-12)6-10-8-20-9-10/h1-5,7,10,15,17,19H,6,8-9H2. The minimum absolute atomic E-state index is 0.164. The van der Waals surface area contributed by atoms with Crippen LogP contribution in [0.25, 0.3) is 0 Å². The average molecular weight is 272 g/mol. The second-order valence-corrected chi connectivity index (χ2v) is 4.90. The summed E-state index contributed by atoms with van der Waals surface area (Å²) in [6.45, 7) is 2.44. The van der Waals surface area contributed by atoms with Crippen LogP contribution in [0.3, 0.4) is 0 Å². The molecule has 3 N–H and O–H groups in total. The molecule has 20 heavy (non-hydrogen) atoms. The molecule has 6 nitrogen and oxygen atoms in total. The SMILES string of the molecule is N=Cc1ccc(O)cc1Nc1cnn(CC2COC2)c1. The molecular formula is C14H16N4O2. The quantitative estimate of drug-likeness (QED) is 0.727. The Morgan fingerprint density at radius 1 is 1.50 bits per heavy atom. The topological polar surface area (TPSA) is 83.2 Å². The van der Waals surface area contributed by atoms with Gasteiger partial charge in [-0.05, 0) is 12.1 Å². The predicted octanol–water partition coefficient (Wildman–Crippen LogP) is 1.98. The van der Waals surface area contributed by atoms with Crippen LogP contribution in [0.4, 0.5) is 11.4 Å². The van der Waals surface area contributed by atoms with E-state index in [0.29, 0.717) is 17.2 Å². The number of nitrogens with one attached hydrogen (secondary N) is 2. The number of rotatable bonds is 5. The number of phenols is 1. The lowest BCUT2D eigenvalue weighted by Gasteiger charge is -2.25. The van der Waals surface area contributed by atoms with Gasteiger partial charge in [0.15, 0.2) is 0 Å². The maximum absolute atomic E-state index is 9.52. The van der Waals surface area contributed by atoms with Gasteiger partial charge in [-0.3, -0.25) is 4.68 Å². The maximum Gasteiger partial charge on any atom is 0.117 e. The molecule has 0 amide bonds. The van der Waals surface area contributed by atoms with Crippen LogP contribution in [0.5, 0.6) is 5.75 Å². The smallest absolute Gasteiger partial charge is 0.117 e. The van der Waals surface area contributed by atoms with E-state index in [4.69, 9.17) is 10.1 Å². The van der Waals surface area contributed by atoms with Crippen molar-refractivity contribution in [2.75, 3.05) is 18.5 Å². The number of aromatic nitrogens is 2. The highest BCUT2D eigenvalue weighted by atomic mass is 16.5. The molecule has 0 spiro atoms. The van der Waals surface area contributed by atoms with Gasteiger partial charge >= 0.3 is 0 Å². The summed E-state index contributed by atoms with van der Waals surface area (Å²) in [4.78, 5) is 0. The summed E-state index contributed by atoms with van der Waals surface area (Å²) in [7, 11) is 0. The highest BCUT2D eigenvalue weighted by Gasteiger charge is 2.19.